The number of hydrogen-bond acceptors (Lipinski definition) is 3. The number of pyridine rings is 1. The summed E-state index contributed by atoms with van der Waals surface area (Å²) >= 11 is 4.50. The Labute approximate surface area is 146 Å². The van der Waals surface area contributed by atoms with Gasteiger partial charge in [-0.1, -0.05) is 18.2 Å². The summed E-state index contributed by atoms with van der Waals surface area (Å²) in [4.78, 5) is 3.81. The van der Waals surface area contributed by atoms with Crippen LogP contribution >= 0.6 is 12.2 Å². The summed E-state index contributed by atoms with van der Waals surface area (Å²) in [5.74, 6) is -11.8. The molecule has 1 aromatic heterocycles. The third-order valence-electron chi connectivity index (χ3n) is 3.29. The molecule has 0 fully saturated rings. The molecule has 0 aliphatic carbocycles. The molecule has 4 nitrogen and oxygen atoms in total. The third-order valence-corrected chi connectivity index (χ3v) is 3.38. The quantitative estimate of drug-likeness (QED) is 0.357. The molecule has 0 saturated carbocycles. The number of nitrogens with one attached hydrogen (secondary N) is 1. The molecule has 12 heteroatoms. The number of hydrogen-bond donors (Lipinski definition) is 2. The van der Waals surface area contributed by atoms with Crippen molar-refractivity contribution < 1.29 is 30.7 Å². The lowest BCUT2D eigenvalue weighted by Crippen LogP contribution is -2.50. The Hall–Kier alpha value is -2.50. The number of halogens is 7. The van der Waals surface area contributed by atoms with Crippen LogP contribution in [0.3, 0.4) is 0 Å². The first-order valence-corrected chi connectivity index (χ1v) is 7.09. The fraction of sp³-hybridized carbons (Fsp3) is 0.214. The summed E-state index contributed by atoms with van der Waals surface area (Å²) in [5.41, 5.74) is 5.75. The Bertz CT molecular complexity index is 864. The lowest BCUT2D eigenvalue weighted by molar-refractivity contribution is -0.359. The van der Waals surface area contributed by atoms with Crippen molar-refractivity contribution in [2.45, 2.75) is 18.0 Å². The van der Waals surface area contributed by atoms with Crippen LogP contribution in [-0.4, -0.2) is 28.4 Å². The Morgan fingerprint density at radius 2 is 1.73 bits per heavy atom. The van der Waals surface area contributed by atoms with Crippen LogP contribution in [0.2, 0.25) is 0 Å². The molecule has 0 saturated heterocycles. The molecule has 0 bridgehead atoms. The fourth-order valence-electron chi connectivity index (χ4n) is 2.11. The molecule has 0 spiro atoms. The van der Waals surface area contributed by atoms with Crippen molar-refractivity contribution in [3.05, 3.63) is 41.7 Å². The van der Waals surface area contributed by atoms with Gasteiger partial charge in [0.05, 0.1) is 11.9 Å². The van der Waals surface area contributed by atoms with Crippen LogP contribution in [0, 0.1) is 0 Å². The average Bonchev–Trinajstić information content (AvgIpc) is 2.53. The first-order valence-electron chi connectivity index (χ1n) is 6.68. The first kappa shape index (κ1) is 19.8. The summed E-state index contributed by atoms with van der Waals surface area (Å²) < 4.78 is 92.2. The highest BCUT2D eigenvalue weighted by Crippen LogP contribution is 2.52. The summed E-state index contributed by atoms with van der Waals surface area (Å²) in [7, 11) is 0. The molecule has 0 aliphatic heterocycles. The predicted octanol–water partition coefficient (Wildman–Crippen LogP) is 3.69. The van der Waals surface area contributed by atoms with E-state index in [-0.39, 0.29) is 16.2 Å². The van der Waals surface area contributed by atoms with Crippen molar-refractivity contribution in [3.63, 3.8) is 0 Å². The standard InChI is InChI=1S/C14H9F7N4S/c15-12(16,13(17,18)14(19,20)21)9-3-1-2-8-7(9)4-5-23-10(8)6-24-25-11(22)26/h1-6H,(H3,22,25,26)/b24-6-. The normalized spacial score (nSPS) is 13.3. The molecule has 140 valence electrons. The number of fused-ring (bicyclic) bond motifs is 1. The molecule has 0 unspecified atom stereocenters. The molecule has 2 aromatic rings. The van der Waals surface area contributed by atoms with E-state index in [2.05, 4.69) is 27.7 Å². The number of benzene rings is 1. The Morgan fingerprint density at radius 3 is 2.31 bits per heavy atom. The van der Waals surface area contributed by atoms with Gasteiger partial charge in [-0.3, -0.25) is 10.4 Å². The second-order valence-corrected chi connectivity index (χ2v) is 5.42. The molecule has 0 radical (unpaired) electrons. The van der Waals surface area contributed by atoms with Gasteiger partial charge >= 0.3 is 18.0 Å². The van der Waals surface area contributed by atoms with E-state index >= 15 is 0 Å². The molecule has 3 N–H and O–H groups in total. The largest absolute Gasteiger partial charge is 0.460 e. The second kappa shape index (κ2) is 6.67. The van der Waals surface area contributed by atoms with Gasteiger partial charge in [-0.25, -0.2) is 0 Å². The molecule has 0 aliphatic rings. The van der Waals surface area contributed by atoms with E-state index in [1.807, 2.05) is 0 Å². The van der Waals surface area contributed by atoms with E-state index in [4.69, 9.17) is 5.73 Å². The molecule has 1 aromatic carbocycles. The van der Waals surface area contributed by atoms with Gasteiger partial charge in [0.1, 0.15) is 0 Å². The zero-order chi connectivity index (χ0) is 19.8. The monoisotopic (exact) mass is 398 g/mol. The van der Waals surface area contributed by atoms with Gasteiger partial charge < -0.3 is 5.73 Å². The van der Waals surface area contributed by atoms with E-state index in [9.17, 15) is 30.7 Å². The highest BCUT2D eigenvalue weighted by Gasteiger charge is 2.73. The highest BCUT2D eigenvalue weighted by atomic mass is 32.1. The molecule has 0 atom stereocenters. The molecule has 1 heterocycles. The van der Waals surface area contributed by atoms with Gasteiger partial charge in [-0.05, 0) is 23.7 Å². The molecular weight excluding hydrogens is 389 g/mol. The van der Waals surface area contributed by atoms with Gasteiger partial charge in [0.25, 0.3) is 0 Å². The van der Waals surface area contributed by atoms with Crippen LogP contribution in [0.25, 0.3) is 10.8 Å². The predicted molar refractivity (Wildman–Crippen MR) is 84.2 cm³/mol. The van der Waals surface area contributed by atoms with E-state index in [1.165, 1.54) is 6.07 Å². The van der Waals surface area contributed by atoms with Crippen LogP contribution in [0.4, 0.5) is 30.7 Å². The van der Waals surface area contributed by atoms with Crippen LogP contribution in [-0.2, 0) is 5.92 Å². The number of nitrogens with zero attached hydrogens (tertiary/aromatic N) is 2. The van der Waals surface area contributed by atoms with Crippen molar-refractivity contribution in [3.8, 4) is 0 Å². The minimum Gasteiger partial charge on any atom is -0.375 e. The molecule has 26 heavy (non-hydrogen) atoms. The SMILES string of the molecule is NC(=S)N/N=C\c1nccc2c(C(F)(F)C(F)(F)C(F)(F)F)cccc12. The van der Waals surface area contributed by atoms with Crippen molar-refractivity contribution in [1.82, 2.24) is 10.4 Å². The summed E-state index contributed by atoms with van der Waals surface area (Å²) in [6.07, 6.45) is -4.46. The summed E-state index contributed by atoms with van der Waals surface area (Å²) in [6.45, 7) is 0. The van der Waals surface area contributed by atoms with E-state index in [0.717, 1.165) is 24.5 Å². The number of nitrogens with two attached hydrogens (primary N) is 1. The Morgan fingerprint density at radius 1 is 1.08 bits per heavy atom. The minimum atomic E-state index is -6.43. The molecular formula is C14H9F7N4S. The number of hydrazone groups is 1. The maximum atomic E-state index is 14.1. The lowest BCUT2D eigenvalue weighted by Gasteiger charge is -2.29. The summed E-state index contributed by atoms with van der Waals surface area (Å²) in [6, 6.07) is 3.54. The van der Waals surface area contributed by atoms with Crippen molar-refractivity contribution in [1.29, 1.82) is 0 Å². The highest BCUT2D eigenvalue weighted by molar-refractivity contribution is 7.80. The first-order chi connectivity index (χ1) is 11.9. The third kappa shape index (κ3) is 3.41. The van der Waals surface area contributed by atoms with Crippen molar-refractivity contribution in [2.24, 2.45) is 10.8 Å². The number of alkyl halides is 7. The maximum Gasteiger partial charge on any atom is 0.460 e. The fourth-order valence-corrected chi connectivity index (χ4v) is 2.16. The van der Waals surface area contributed by atoms with Gasteiger partial charge in [0, 0.05) is 17.1 Å². The van der Waals surface area contributed by atoms with Crippen molar-refractivity contribution >= 4 is 34.3 Å². The van der Waals surface area contributed by atoms with E-state index in [1.54, 1.807) is 0 Å². The maximum absolute atomic E-state index is 14.1. The minimum absolute atomic E-state index is 0.0702. The number of thiocarbonyl (C=S) groups is 1. The zero-order valence-corrected chi connectivity index (χ0v) is 13.3. The Balaban J connectivity index is 2.64. The van der Waals surface area contributed by atoms with Gasteiger partial charge in [0.15, 0.2) is 5.11 Å². The average molecular weight is 398 g/mol. The van der Waals surface area contributed by atoms with Crippen LogP contribution in [0.5, 0.6) is 0 Å². The lowest BCUT2D eigenvalue weighted by atomic mass is 9.95. The van der Waals surface area contributed by atoms with Crippen molar-refractivity contribution in [2.75, 3.05) is 0 Å². The van der Waals surface area contributed by atoms with Gasteiger partial charge in [-0.15, -0.1) is 0 Å². The van der Waals surface area contributed by atoms with E-state index < -0.39 is 29.0 Å². The smallest absolute Gasteiger partial charge is 0.375 e. The van der Waals surface area contributed by atoms with E-state index in [0.29, 0.717) is 6.07 Å². The van der Waals surface area contributed by atoms with Gasteiger partial charge in [0.2, 0.25) is 0 Å². The number of rotatable bonds is 4. The zero-order valence-electron chi connectivity index (χ0n) is 12.5. The van der Waals surface area contributed by atoms with Gasteiger partial charge in [-0.2, -0.15) is 35.8 Å². The van der Waals surface area contributed by atoms with Crippen LogP contribution in [0.15, 0.2) is 35.6 Å². The van der Waals surface area contributed by atoms with Crippen LogP contribution in [0.1, 0.15) is 11.3 Å². The van der Waals surface area contributed by atoms with Crippen LogP contribution < -0.4 is 11.2 Å². The second-order valence-electron chi connectivity index (χ2n) is 4.98. The molecule has 0 amide bonds. The molecule has 2 rings (SSSR count). The summed E-state index contributed by atoms with van der Waals surface area (Å²) in [5, 5.41) is 2.69. The topological polar surface area (TPSA) is 63.3 Å². The number of aromatic nitrogens is 1. The Kier molecular flexibility index (Phi) is 5.08.